The minimum Gasteiger partial charge on any atom is -0.325 e. The van der Waals surface area contributed by atoms with Crippen molar-refractivity contribution in [3.63, 3.8) is 0 Å². The number of benzene rings is 1. The highest BCUT2D eigenvalue weighted by Crippen LogP contribution is 2.22. The van der Waals surface area contributed by atoms with Gasteiger partial charge in [-0.15, -0.1) is 0 Å². The van der Waals surface area contributed by atoms with E-state index >= 15 is 0 Å². The largest absolute Gasteiger partial charge is 0.325 e. The summed E-state index contributed by atoms with van der Waals surface area (Å²) in [6.07, 6.45) is 2.98. The second-order valence-corrected chi connectivity index (χ2v) is 4.58. The predicted molar refractivity (Wildman–Crippen MR) is 62.7 cm³/mol. The molecule has 1 atom stereocenters. The standard InChI is InChI=1S/C12H18ClN/c1-3-8-12(2,14)9-10-6-4-5-7-11(10)13/h4-7H,3,8-9,14H2,1-2H3. The topological polar surface area (TPSA) is 26.0 Å². The van der Waals surface area contributed by atoms with Gasteiger partial charge < -0.3 is 5.73 Å². The molecule has 0 bridgehead atoms. The van der Waals surface area contributed by atoms with Crippen LogP contribution in [0.2, 0.25) is 5.02 Å². The molecule has 0 amide bonds. The number of halogens is 1. The van der Waals surface area contributed by atoms with Gasteiger partial charge in [0.15, 0.2) is 0 Å². The average molecular weight is 212 g/mol. The Morgan fingerprint density at radius 3 is 2.57 bits per heavy atom. The van der Waals surface area contributed by atoms with Crippen LogP contribution in [0.3, 0.4) is 0 Å². The summed E-state index contributed by atoms with van der Waals surface area (Å²) in [7, 11) is 0. The van der Waals surface area contributed by atoms with Crippen molar-refractivity contribution in [3.05, 3.63) is 34.9 Å². The Morgan fingerprint density at radius 1 is 1.36 bits per heavy atom. The fourth-order valence-electron chi connectivity index (χ4n) is 1.74. The van der Waals surface area contributed by atoms with Crippen molar-refractivity contribution < 1.29 is 0 Å². The normalized spacial score (nSPS) is 15.1. The molecule has 1 nitrogen and oxygen atoms in total. The van der Waals surface area contributed by atoms with Gasteiger partial charge in [-0.2, -0.15) is 0 Å². The molecule has 1 aromatic rings. The Hall–Kier alpha value is -0.530. The first kappa shape index (κ1) is 11.5. The van der Waals surface area contributed by atoms with Crippen LogP contribution in [0.4, 0.5) is 0 Å². The van der Waals surface area contributed by atoms with Gasteiger partial charge in [-0.05, 0) is 31.4 Å². The van der Waals surface area contributed by atoms with Crippen LogP contribution in [0.1, 0.15) is 32.3 Å². The maximum Gasteiger partial charge on any atom is 0.0438 e. The molecule has 0 saturated carbocycles. The summed E-state index contributed by atoms with van der Waals surface area (Å²) in [5.74, 6) is 0. The molecule has 14 heavy (non-hydrogen) atoms. The molecule has 0 aliphatic rings. The molecule has 0 radical (unpaired) electrons. The monoisotopic (exact) mass is 211 g/mol. The highest BCUT2D eigenvalue weighted by atomic mass is 35.5. The molecule has 2 heteroatoms. The van der Waals surface area contributed by atoms with Crippen LogP contribution in [-0.4, -0.2) is 5.54 Å². The van der Waals surface area contributed by atoms with E-state index in [9.17, 15) is 0 Å². The van der Waals surface area contributed by atoms with E-state index in [0.717, 1.165) is 29.8 Å². The summed E-state index contributed by atoms with van der Waals surface area (Å²) in [5, 5.41) is 0.820. The third-order valence-corrected chi connectivity index (χ3v) is 2.74. The lowest BCUT2D eigenvalue weighted by molar-refractivity contribution is 0.425. The Morgan fingerprint density at radius 2 is 2.00 bits per heavy atom. The van der Waals surface area contributed by atoms with E-state index in [1.54, 1.807) is 0 Å². The number of rotatable bonds is 4. The van der Waals surface area contributed by atoms with Gasteiger partial charge in [-0.25, -0.2) is 0 Å². The minimum absolute atomic E-state index is 0.139. The zero-order valence-electron chi connectivity index (χ0n) is 8.89. The molecule has 1 unspecified atom stereocenters. The van der Waals surface area contributed by atoms with Crippen molar-refractivity contribution in [3.8, 4) is 0 Å². The number of hydrogen-bond donors (Lipinski definition) is 1. The van der Waals surface area contributed by atoms with Gasteiger partial charge in [0.1, 0.15) is 0 Å². The van der Waals surface area contributed by atoms with Gasteiger partial charge in [0.25, 0.3) is 0 Å². The fourth-order valence-corrected chi connectivity index (χ4v) is 1.94. The lowest BCUT2D eigenvalue weighted by Gasteiger charge is -2.24. The van der Waals surface area contributed by atoms with Crippen molar-refractivity contribution >= 4 is 11.6 Å². The first-order chi connectivity index (χ1) is 6.55. The van der Waals surface area contributed by atoms with E-state index in [4.69, 9.17) is 17.3 Å². The van der Waals surface area contributed by atoms with Gasteiger partial charge in [-0.1, -0.05) is 43.1 Å². The summed E-state index contributed by atoms with van der Waals surface area (Å²) in [6.45, 7) is 4.23. The second kappa shape index (κ2) is 4.81. The maximum absolute atomic E-state index is 6.17. The summed E-state index contributed by atoms with van der Waals surface area (Å²) < 4.78 is 0. The first-order valence-corrected chi connectivity index (χ1v) is 5.45. The highest BCUT2D eigenvalue weighted by Gasteiger charge is 2.18. The molecular formula is C12H18ClN. The van der Waals surface area contributed by atoms with Gasteiger partial charge in [0.2, 0.25) is 0 Å². The quantitative estimate of drug-likeness (QED) is 0.812. The fraction of sp³-hybridized carbons (Fsp3) is 0.500. The Kier molecular flexibility index (Phi) is 3.97. The number of hydrogen-bond acceptors (Lipinski definition) is 1. The smallest absolute Gasteiger partial charge is 0.0438 e. The van der Waals surface area contributed by atoms with E-state index < -0.39 is 0 Å². The van der Waals surface area contributed by atoms with E-state index in [2.05, 4.69) is 13.8 Å². The van der Waals surface area contributed by atoms with Crippen LogP contribution >= 0.6 is 11.6 Å². The van der Waals surface area contributed by atoms with Gasteiger partial charge in [0, 0.05) is 10.6 Å². The van der Waals surface area contributed by atoms with Gasteiger partial charge in [-0.3, -0.25) is 0 Å². The predicted octanol–water partition coefficient (Wildman–Crippen LogP) is 3.40. The zero-order valence-corrected chi connectivity index (χ0v) is 9.64. The zero-order chi connectivity index (χ0) is 10.6. The van der Waals surface area contributed by atoms with Crippen LogP contribution in [0.5, 0.6) is 0 Å². The van der Waals surface area contributed by atoms with E-state index in [0.29, 0.717) is 0 Å². The van der Waals surface area contributed by atoms with Crippen molar-refractivity contribution in [2.24, 2.45) is 5.73 Å². The SMILES string of the molecule is CCCC(C)(N)Cc1ccccc1Cl. The summed E-state index contributed by atoms with van der Waals surface area (Å²) in [6, 6.07) is 7.91. The Labute approximate surface area is 91.3 Å². The molecule has 1 aromatic carbocycles. The molecule has 0 spiro atoms. The second-order valence-electron chi connectivity index (χ2n) is 4.17. The van der Waals surface area contributed by atoms with Crippen LogP contribution in [-0.2, 0) is 6.42 Å². The van der Waals surface area contributed by atoms with Crippen molar-refractivity contribution in [1.29, 1.82) is 0 Å². The molecule has 0 heterocycles. The summed E-state index contributed by atoms with van der Waals surface area (Å²) in [4.78, 5) is 0. The third-order valence-electron chi connectivity index (χ3n) is 2.37. The molecule has 0 aliphatic carbocycles. The Balaban J connectivity index is 2.73. The summed E-state index contributed by atoms with van der Waals surface area (Å²) in [5.41, 5.74) is 7.18. The van der Waals surface area contributed by atoms with Gasteiger partial charge >= 0.3 is 0 Å². The molecule has 78 valence electrons. The molecule has 0 fully saturated rings. The average Bonchev–Trinajstić information content (AvgIpc) is 2.08. The molecule has 0 aromatic heterocycles. The Bertz CT molecular complexity index is 294. The van der Waals surface area contributed by atoms with E-state index in [1.807, 2.05) is 24.3 Å². The van der Waals surface area contributed by atoms with Crippen LogP contribution in [0.25, 0.3) is 0 Å². The lowest BCUT2D eigenvalue weighted by atomic mass is 9.90. The van der Waals surface area contributed by atoms with Crippen molar-refractivity contribution in [2.75, 3.05) is 0 Å². The van der Waals surface area contributed by atoms with Crippen LogP contribution < -0.4 is 5.73 Å². The van der Waals surface area contributed by atoms with Crippen molar-refractivity contribution in [2.45, 2.75) is 38.6 Å². The molecule has 1 rings (SSSR count). The summed E-state index contributed by atoms with van der Waals surface area (Å²) >= 11 is 6.07. The van der Waals surface area contributed by atoms with E-state index in [1.165, 1.54) is 0 Å². The van der Waals surface area contributed by atoms with Crippen LogP contribution in [0.15, 0.2) is 24.3 Å². The third kappa shape index (κ3) is 3.32. The number of nitrogens with two attached hydrogens (primary N) is 1. The minimum atomic E-state index is -0.139. The van der Waals surface area contributed by atoms with Gasteiger partial charge in [0.05, 0.1) is 0 Å². The maximum atomic E-state index is 6.17. The molecule has 0 aliphatic heterocycles. The first-order valence-electron chi connectivity index (χ1n) is 5.07. The van der Waals surface area contributed by atoms with E-state index in [-0.39, 0.29) is 5.54 Å². The molecule has 2 N–H and O–H groups in total. The lowest BCUT2D eigenvalue weighted by Crippen LogP contribution is -2.38. The molecular weight excluding hydrogens is 194 g/mol. The highest BCUT2D eigenvalue weighted by molar-refractivity contribution is 6.31. The molecule has 0 saturated heterocycles. The van der Waals surface area contributed by atoms with Crippen molar-refractivity contribution in [1.82, 2.24) is 0 Å². The van der Waals surface area contributed by atoms with Crippen LogP contribution in [0, 0.1) is 0 Å².